The van der Waals surface area contributed by atoms with Crippen molar-refractivity contribution >= 4 is 43.2 Å². The summed E-state index contributed by atoms with van der Waals surface area (Å²) in [6.07, 6.45) is -0.180. The second-order valence-electron chi connectivity index (χ2n) is 7.41. The summed E-state index contributed by atoms with van der Waals surface area (Å²) in [6.45, 7) is 5.77. The number of amides is 1. The topological polar surface area (TPSA) is 84.5 Å². The molecule has 2 N–H and O–H groups in total. The Labute approximate surface area is 197 Å². The molecule has 0 bridgehead atoms. The number of anilines is 2. The van der Waals surface area contributed by atoms with Crippen LogP contribution in [0.1, 0.15) is 24.5 Å². The lowest BCUT2D eigenvalue weighted by molar-refractivity contribution is -0.122. The first-order valence-electron chi connectivity index (χ1n) is 10.1. The first-order chi connectivity index (χ1) is 15.2. The van der Waals surface area contributed by atoms with Gasteiger partial charge in [0.25, 0.3) is 15.9 Å². The zero-order valence-corrected chi connectivity index (χ0v) is 20.5. The van der Waals surface area contributed by atoms with E-state index in [4.69, 9.17) is 4.74 Å². The molecule has 0 unspecified atom stereocenters. The third-order valence-corrected chi connectivity index (χ3v) is 6.73. The molecule has 0 heterocycles. The van der Waals surface area contributed by atoms with Gasteiger partial charge in [-0.2, -0.15) is 0 Å². The number of hydrogen-bond acceptors (Lipinski definition) is 4. The Balaban J connectivity index is 1.67. The van der Waals surface area contributed by atoms with Crippen LogP contribution in [0.2, 0.25) is 0 Å². The van der Waals surface area contributed by atoms with Gasteiger partial charge in [-0.3, -0.25) is 9.52 Å². The standard InChI is InChI=1S/C24H25BrN2O4S/c1-4-22(31-23-15-16(2)5-6-17(23)3)24(28)26-19-11-13-21(14-12-19)32(29,30)27-20-9-7-18(25)8-10-20/h5-15,22,27H,4H2,1-3H3,(H,26,28)/t22-/m1/s1. The Morgan fingerprint density at radius 2 is 1.59 bits per heavy atom. The fourth-order valence-corrected chi connectivity index (χ4v) is 4.30. The molecule has 0 saturated carbocycles. The van der Waals surface area contributed by atoms with Crippen molar-refractivity contribution in [2.24, 2.45) is 0 Å². The number of aryl methyl sites for hydroxylation is 2. The third kappa shape index (κ3) is 6.11. The summed E-state index contributed by atoms with van der Waals surface area (Å²) in [5.41, 5.74) is 2.95. The molecule has 0 aliphatic rings. The molecule has 1 atom stereocenters. The fraction of sp³-hybridized carbons (Fsp3) is 0.208. The van der Waals surface area contributed by atoms with Crippen molar-refractivity contribution < 1.29 is 17.9 Å². The normalized spacial score (nSPS) is 12.1. The molecule has 0 fully saturated rings. The zero-order valence-electron chi connectivity index (χ0n) is 18.1. The maximum absolute atomic E-state index is 12.7. The van der Waals surface area contributed by atoms with Crippen LogP contribution in [0, 0.1) is 13.8 Å². The lowest BCUT2D eigenvalue weighted by Crippen LogP contribution is -2.32. The van der Waals surface area contributed by atoms with E-state index in [1.54, 1.807) is 36.4 Å². The quantitative estimate of drug-likeness (QED) is 0.404. The molecule has 0 aromatic heterocycles. The molecule has 1 amide bonds. The van der Waals surface area contributed by atoms with Crippen molar-refractivity contribution in [3.63, 3.8) is 0 Å². The van der Waals surface area contributed by atoms with Gasteiger partial charge in [-0.25, -0.2) is 8.42 Å². The highest BCUT2D eigenvalue weighted by molar-refractivity contribution is 9.10. The molecule has 6 nitrogen and oxygen atoms in total. The number of hydrogen-bond donors (Lipinski definition) is 2. The summed E-state index contributed by atoms with van der Waals surface area (Å²) in [7, 11) is -3.74. The summed E-state index contributed by atoms with van der Waals surface area (Å²) >= 11 is 3.32. The molecule has 0 radical (unpaired) electrons. The highest BCUT2D eigenvalue weighted by Gasteiger charge is 2.20. The van der Waals surface area contributed by atoms with Gasteiger partial charge in [-0.15, -0.1) is 0 Å². The number of nitrogens with one attached hydrogen (secondary N) is 2. The summed E-state index contributed by atoms with van der Waals surface area (Å²) in [5.74, 6) is 0.379. The average Bonchev–Trinajstić information content (AvgIpc) is 2.76. The molecule has 8 heteroatoms. The molecule has 32 heavy (non-hydrogen) atoms. The molecular formula is C24H25BrN2O4S. The van der Waals surface area contributed by atoms with Crippen LogP contribution in [-0.2, 0) is 14.8 Å². The van der Waals surface area contributed by atoms with Gasteiger partial charge in [-0.05, 0) is 86.0 Å². The van der Waals surface area contributed by atoms with Gasteiger partial charge >= 0.3 is 0 Å². The van der Waals surface area contributed by atoms with Crippen molar-refractivity contribution in [1.29, 1.82) is 0 Å². The number of halogens is 1. The summed E-state index contributed by atoms with van der Waals surface area (Å²) in [4.78, 5) is 12.8. The zero-order chi connectivity index (χ0) is 23.3. The van der Waals surface area contributed by atoms with E-state index >= 15 is 0 Å². The Morgan fingerprint density at radius 1 is 0.969 bits per heavy atom. The van der Waals surface area contributed by atoms with Crippen molar-refractivity contribution in [3.05, 3.63) is 82.3 Å². The van der Waals surface area contributed by atoms with Crippen molar-refractivity contribution in [2.45, 2.75) is 38.2 Å². The number of ether oxygens (including phenoxy) is 1. The van der Waals surface area contributed by atoms with Crippen molar-refractivity contribution in [3.8, 4) is 5.75 Å². The number of carbonyl (C=O) groups is 1. The highest BCUT2D eigenvalue weighted by atomic mass is 79.9. The van der Waals surface area contributed by atoms with E-state index in [0.717, 1.165) is 15.6 Å². The minimum atomic E-state index is -3.74. The maximum atomic E-state index is 12.7. The van der Waals surface area contributed by atoms with Crippen LogP contribution in [0.25, 0.3) is 0 Å². The molecule has 0 aliphatic carbocycles. The Hall–Kier alpha value is -2.84. The SMILES string of the molecule is CC[C@@H](Oc1cc(C)ccc1C)C(=O)Nc1ccc(S(=O)(=O)Nc2ccc(Br)cc2)cc1. The maximum Gasteiger partial charge on any atom is 0.265 e. The van der Waals surface area contributed by atoms with Crippen LogP contribution >= 0.6 is 15.9 Å². The molecule has 0 saturated heterocycles. The van der Waals surface area contributed by atoms with Crippen LogP contribution in [0.15, 0.2) is 76.1 Å². The lowest BCUT2D eigenvalue weighted by Gasteiger charge is -2.19. The van der Waals surface area contributed by atoms with Crippen LogP contribution in [0.4, 0.5) is 11.4 Å². The van der Waals surface area contributed by atoms with Crippen molar-refractivity contribution in [2.75, 3.05) is 10.0 Å². The van der Waals surface area contributed by atoms with Gasteiger partial charge in [0, 0.05) is 15.8 Å². The predicted molar refractivity (Wildman–Crippen MR) is 131 cm³/mol. The van der Waals surface area contributed by atoms with Gasteiger partial charge < -0.3 is 10.1 Å². The van der Waals surface area contributed by atoms with Gasteiger partial charge in [0.15, 0.2) is 6.10 Å². The van der Waals surface area contributed by atoms with E-state index in [1.165, 1.54) is 12.1 Å². The van der Waals surface area contributed by atoms with Crippen molar-refractivity contribution in [1.82, 2.24) is 0 Å². The smallest absolute Gasteiger partial charge is 0.265 e. The average molecular weight is 517 g/mol. The van der Waals surface area contributed by atoms with E-state index in [2.05, 4.69) is 26.0 Å². The first kappa shape index (κ1) is 23.8. The van der Waals surface area contributed by atoms with Gasteiger partial charge in [0.2, 0.25) is 0 Å². The summed E-state index contributed by atoms with van der Waals surface area (Å²) in [5, 5.41) is 2.80. The molecule has 3 rings (SSSR count). The van der Waals surface area contributed by atoms with Gasteiger partial charge in [0.05, 0.1) is 4.90 Å². The Morgan fingerprint density at radius 3 is 2.22 bits per heavy atom. The predicted octanol–water partition coefficient (Wildman–Crippen LogP) is 5.66. The summed E-state index contributed by atoms with van der Waals surface area (Å²) < 4.78 is 34.5. The lowest BCUT2D eigenvalue weighted by atomic mass is 10.1. The first-order valence-corrected chi connectivity index (χ1v) is 12.4. The molecule has 3 aromatic rings. The Kier molecular flexibility index (Phi) is 7.58. The number of carbonyl (C=O) groups excluding carboxylic acids is 1. The number of rotatable bonds is 8. The molecule has 3 aromatic carbocycles. The highest BCUT2D eigenvalue weighted by Crippen LogP contribution is 2.23. The van der Waals surface area contributed by atoms with Gasteiger partial charge in [-0.1, -0.05) is 35.0 Å². The van der Waals surface area contributed by atoms with E-state index < -0.39 is 16.1 Å². The van der Waals surface area contributed by atoms with Crippen LogP contribution in [-0.4, -0.2) is 20.4 Å². The minimum absolute atomic E-state index is 0.0945. The molecule has 0 aliphatic heterocycles. The summed E-state index contributed by atoms with van der Waals surface area (Å²) in [6, 6.07) is 18.7. The molecular weight excluding hydrogens is 492 g/mol. The second kappa shape index (κ2) is 10.2. The fourth-order valence-electron chi connectivity index (χ4n) is 2.98. The van der Waals surface area contributed by atoms with E-state index in [1.807, 2.05) is 39.0 Å². The van der Waals surface area contributed by atoms with E-state index in [9.17, 15) is 13.2 Å². The van der Waals surface area contributed by atoms with Crippen LogP contribution in [0.5, 0.6) is 5.75 Å². The van der Waals surface area contributed by atoms with Crippen LogP contribution < -0.4 is 14.8 Å². The minimum Gasteiger partial charge on any atom is -0.480 e. The number of sulfonamides is 1. The van der Waals surface area contributed by atoms with E-state index in [0.29, 0.717) is 23.5 Å². The molecule has 0 spiro atoms. The van der Waals surface area contributed by atoms with Crippen LogP contribution in [0.3, 0.4) is 0 Å². The van der Waals surface area contributed by atoms with Gasteiger partial charge in [0.1, 0.15) is 5.75 Å². The molecule has 168 valence electrons. The van der Waals surface area contributed by atoms with E-state index in [-0.39, 0.29) is 10.8 Å². The monoisotopic (exact) mass is 516 g/mol. The third-order valence-electron chi connectivity index (χ3n) is 4.80. The second-order valence-corrected chi connectivity index (χ2v) is 10.0. The number of benzene rings is 3. The Bertz CT molecular complexity index is 1190. The largest absolute Gasteiger partial charge is 0.480 e.